The van der Waals surface area contributed by atoms with Crippen molar-refractivity contribution in [1.29, 1.82) is 0 Å². The van der Waals surface area contributed by atoms with E-state index in [0.29, 0.717) is 31.6 Å². The number of hydrogen-bond donors (Lipinski definition) is 1. The third-order valence-electron chi connectivity index (χ3n) is 2.04. The molecule has 18 heavy (non-hydrogen) atoms. The van der Waals surface area contributed by atoms with E-state index < -0.39 is 0 Å². The van der Waals surface area contributed by atoms with Gasteiger partial charge in [0.2, 0.25) is 11.8 Å². The van der Waals surface area contributed by atoms with E-state index >= 15 is 0 Å². The van der Waals surface area contributed by atoms with Gasteiger partial charge in [-0.2, -0.15) is 4.98 Å². The van der Waals surface area contributed by atoms with E-state index in [2.05, 4.69) is 15.3 Å². The van der Waals surface area contributed by atoms with Crippen LogP contribution in [0.3, 0.4) is 0 Å². The summed E-state index contributed by atoms with van der Waals surface area (Å²) in [5, 5.41) is 2.97. The van der Waals surface area contributed by atoms with Crippen molar-refractivity contribution < 1.29 is 14.3 Å². The number of nitrogens with zero attached hydrogens (tertiary/aromatic N) is 2. The van der Waals surface area contributed by atoms with E-state index in [1.54, 1.807) is 13.0 Å². The highest BCUT2D eigenvalue weighted by molar-refractivity contribution is 5.69. The average Bonchev–Trinajstić information content (AvgIpc) is 2.29. The summed E-state index contributed by atoms with van der Waals surface area (Å²) < 4.78 is 10.1. The molecule has 0 saturated heterocycles. The molecule has 0 bridgehead atoms. The van der Waals surface area contributed by atoms with Crippen LogP contribution >= 0.6 is 0 Å². The van der Waals surface area contributed by atoms with E-state index in [0.717, 1.165) is 5.69 Å². The predicted molar refractivity (Wildman–Crippen MR) is 67.7 cm³/mol. The SMILES string of the molecule is CCOC(=O)CCNc1nc(C)cc(OCC)n1. The fourth-order valence-electron chi connectivity index (χ4n) is 1.35. The van der Waals surface area contributed by atoms with Gasteiger partial charge >= 0.3 is 5.97 Å². The van der Waals surface area contributed by atoms with E-state index in [9.17, 15) is 4.79 Å². The maximum absolute atomic E-state index is 11.1. The van der Waals surface area contributed by atoms with Gasteiger partial charge in [0.1, 0.15) is 0 Å². The molecule has 0 spiro atoms. The van der Waals surface area contributed by atoms with Crippen LogP contribution in [0.5, 0.6) is 5.88 Å². The van der Waals surface area contributed by atoms with Crippen LogP contribution < -0.4 is 10.1 Å². The molecule has 0 aliphatic carbocycles. The molecular weight excluding hydrogens is 234 g/mol. The summed E-state index contributed by atoms with van der Waals surface area (Å²) in [6.07, 6.45) is 0.287. The van der Waals surface area contributed by atoms with Gasteiger partial charge in [-0.15, -0.1) is 0 Å². The molecule has 0 atom stereocenters. The van der Waals surface area contributed by atoms with Crippen molar-refractivity contribution in [3.8, 4) is 5.88 Å². The number of hydrogen-bond acceptors (Lipinski definition) is 6. The van der Waals surface area contributed by atoms with Gasteiger partial charge in [-0.3, -0.25) is 4.79 Å². The molecule has 0 unspecified atom stereocenters. The van der Waals surface area contributed by atoms with Crippen molar-refractivity contribution in [2.75, 3.05) is 25.1 Å². The number of carbonyl (C=O) groups excluding carboxylic acids is 1. The second-order valence-corrected chi connectivity index (χ2v) is 3.59. The lowest BCUT2D eigenvalue weighted by Gasteiger charge is -2.08. The molecule has 1 aromatic heterocycles. The highest BCUT2D eigenvalue weighted by atomic mass is 16.5. The first-order chi connectivity index (χ1) is 8.65. The minimum Gasteiger partial charge on any atom is -0.478 e. The summed E-state index contributed by atoms with van der Waals surface area (Å²) >= 11 is 0. The van der Waals surface area contributed by atoms with Crippen LogP contribution in [0.15, 0.2) is 6.07 Å². The minimum atomic E-state index is -0.234. The van der Waals surface area contributed by atoms with Crippen LogP contribution in [-0.2, 0) is 9.53 Å². The Kier molecular flexibility index (Phi) is 5.90. The van der Waals surface area contributed by atoms with E-state index in [1.807, 2.05) is 13.8 Å². The van der Waals surface area contributed by atoms with Crippen LogP contribution in [0.25, 0.3) is 0 Å². The van der Waals surface area contributed by atoms with Gasteiger partial charge in [0.25, 0.3) is 0 Å². The number of esters is 1. The van der Waals surface area contributed by atoms with Crippen LogP contribution in [0.1, 0.15) is 26.0 Å². The molecule has 1 heterocycles. The lowest BCUT2D eigenvalue weighted by Crippen LogP contribution is -2.13. The van der Waals surface area contributed by atoms with Crippen molar-refractivity contribution >= 4 is 11.9 Å². The van der Waals surface area contributed by atoms with Crippen LogP contribution in [-0.4, -0.2) is 35.7 Å². The smallest absolute Gasteiger partial charge is 0.307 e. The molecule has 0 amide bonds. The van der Waals surface area contributed by atoms with Crippen LogP contribution in [0.2, 0.25) is 0 Å². The summed E-state index contributed by atoms with van der Waals surface area (Å²) in [4.78, 5) is 19.5. The average molecular weight is 253 g/mol. The largest absolute Gasteiger partial charge is 0.478 e. The molecule has 0 aromatic carbocycles. The molecule has 1 rings (SSSR count). The first kappa shape index (κ1) is 14.2. The van der Waals surface area contributed by atoms with Crippen molar-refractivity contribution in [3.05, 3.63) is 11.8 Å². The van der Waals surface area contributed by atoms with Crippen molar-refractivity contribution in [2.24, 2.45) is 0 Å². The maximum Gasteiger partial charge on any atom is 0.307 e. The Bertz CT molecular complexity index is 396. The molecule has 6 nitrogen and oxygen atoms in total. The molecule has 0 fully saturated rings. The quantitative estimate of drug-likeness (QED) is 0.743. The van der Waals surface area contributed by atoms with Gasteiger partial charge in [0, 0.05) is 18.3 Å². The van der Waals surface area contributed by atoms with Crippen LogP contribution in [0, 0.1) is 6.92 Å². The Hall–Kier alpha value is -1.85. The predicted octanol–water partition coefficient (Wildman–Crippen LogP) is 1.55. The number of carbonyl (C=O) groups is 1. The van der Waals surface area contributed by atoms with E-state index in [4.69, 9.17) is 9.47 Å². The Morgan fingerprint density at radius 2 is 2.11 bits per heavy atom. The number of ether oxygens (including phenoxy) is 2. The number of rotatable bonds is 7. The zero-order valence-electron chi connectivity index (χ0n) is 11.0. The van der Waals surface area contributed by atoms with Gasteiger partial charge in [0.15, 0.2) is 0 Å². The maximum atomic E-state index is 11.1. The van der Waals surface area contributed by atoms with Gasteiger partial charge in [-0.1, -0.05) is 0 Å². The summed E-state index contributed by atoms with van der Waals surface area (Å²) in [7, 11) is 0. The molecule has 0 radical (unpaired) electrons. The van der Waals surface area contributed by atoms with Gasteiger partial charge in [-0.05, 0) is 20.8 Å². The Morgan fingerprint density at radius 1 is 1.33 bits per heavy atom. The number of aromatic nitrogens is 2. The molecule has 0 aliphatic rings. The van der Waals surface area contributed by atoms with E-state index in [1.165, 1.54) is 0 Å². The highest BCUT2D eigenvalue weighted by Gasteiger charge is 2.04. The van der Waals surface area contributed by atoms with Gasteiger partial charge in [-0.25, -0.2) is 4.98 Å². The molecular formula is C12H19N3O3. The summed E-state index contributed by atoms with van der Waals surface area (Å²) in [6.45, 7) is 6.93. The van der Waals surface area contributed by atoms with Crippen LogP contribution in [0.4, 0.5) is 5.95 Å². The lowest BCUT2D eigenvalue weighted by molar-refractivity contribution is -0.142. The van der Waals surface area contributed by atoms with Crippen molar-refractivity contribution in [3.63, 3.8) is 0 Å². The Balaban J connectivity index is 2.48. The third-order valence-corrected chi connectivity index (χ3v) is 2.04. The van der Waals surface area contributed by atoms with E-state index in [-0.39, 0.29) is 12.4 Å². The molecule has 6 heteroatoms. The van der Waals surface area contributed by atoms with Gasteiger partial charge in [0.05, 0.1) is 19.6 Å². The molecule has 0 aliphatic heterocycles. The molecule has 1 aromatic rings. The Morgan fingerprint density at radius 3 is 2.78 bits per heavy atom. The normalized spacial score (nSPS) is 9.94. The topological polar surface area (TPSA) is 73.3 Å². The highest BCUT2D eigenvalue weighted by Crippen LogP contribution is 2.11. The fraction of sp³-hybridized carbons (Fsp3) is 0.583. The second kappa shape index (κ2) is 7.47. The Labute approximate surface area is 107 Å². The first-order valence-electron chi connectivity index (χ1n) is 6.03. The summed E-state index contributed by atoms with van der Waals surface area (Å²) in [5.74, 6) is 0.758. The number of nitrogens with one attached hydrogen (secondary N) is 1. The lowest BCUT2D eigenvalue weighted by atomic mass is 10.4. The number of aryl methyl sites for hydroxylation is 1. The molecule has 1 N–H and O–H groups in total. The van der Waals surface area contributed by atoms with Gasteiger partial charge < -0.3 is 14.8 Å². The molecule has 0 saturated carbocycles. The standard InChI is InChI=1S/C12H19N3O3/c1-4-17-10-8-9(3)14-12(15-10)13-7-6-11(16)18-5-2/h8H,4-7H2,1-3H3,(H,13,14,15). The fourth-order valence-corrected chi connectivity index (χ4v) is 1.35. The zero-order chi connectivity index (χ0) is 13.4. The first-order valence-corrected chi connectivity index (χ1v) is 6.03. The summed E-state index contributed by atoms with van der Waals surface area (Å²) in [5.41, 5.74) is 0.812. The van der Waals surface area contributed by atoms with Crippen molar-refractivity contribution in [2.45, 2.75) is 27.2 Å². The second-order valence-electron chi connectivity index (χ2n) is 3.59. The minimum absolute atomic E-state index is 0.234. The van der Waals surface area contributed by atoms with Crippen molar-refractivity contribution in [1.82, 2.24) is 9.97 Å². The monoisotopic (exact) mass is 253 g/mol. The number of anilines is 1. The third kappa shape index (κ3) is 4.99. The zero-order valence-corrected chi connectivity index (χ0v) is 11.0. The summed E-state index contributed by atoms with van der Waals surface area (Å²) in [6, 6.07) is 1.76. The molecule has 100 valence electrons.